The molecule has 3 heteroatoms. The van der Waals surface area contributed by atoms with E-state index in [1.165, 1.54) is 0 Å². The molecule has 0 bridgehead atoms. The van der Waals surface area contributed by atoms with Crippen molar-refractivity contribution in [3.05, 3.63) is 15.0 Å². The van der Waals surface area contributed by atoms with Gasteiger partial charge in [-0.2, -0.15) is 0 Å². The van der Waals surface area contributed by atoms with Gasteiger partial charge in [0.2, 0.25) is 0 Å². The molecule has 1 aromatic heterocycles. The maximum atomic E-state index is 7.38. The van der Waals surface area contributed by atoms with Crippen LogP contribution in [0.3, 0.4) is 0 Å². The Kier molecular flexibility index (Phi) is 0.668. The second kappa shape index (κ2) is 2.60. The van der Waals surface area contributed by atoms with Crippen molar-refractivity contribution < 1.29 is 8.22 Å². The molecule has 1 nitrogen and oxygen atoms in total. The number of thiazole rings is 1. The van der Waals surface area contributed by atoms with Crippen LogP contribution >= 0.6 is 27.3 Å². The first-order chi connectivity index (χ1) is 6.16. The standard InChI is InChI=1S/C5H6BrNS/c1-2-5-7-4(6)3-8-5/h3H,2H2,1H3/i1D3,2D2,3D. The molecule has 0 aliphatic carbocycles. The van der Waals surface area contributed by atoms with Gasteiger partial charge in [-0.3, -0.25) is 0 Å². The minimum Gasteiger partial charge on any atom is -0.234 e. The molecule has 0 spiro atoms. The molecule has 0 N–H and O–H groups in total. The molecule has 0 unspecified atom stereocenters. The lowest BCUT2D eigenvalue weighted by Gasteiger charge is -1.78. The van der Waals surface area contributed by atoms with E-state index < -0.39 is 13.2 Å². The third kappa shape index (κ3) is 1.29. The molecule has 0 fully saturated rings. The maximum absolute atomic E-state index is 7.38. The summed E-state index contributed by atoms with van der Waals surface area (Å²) in [5.41, 5.74) is 0. The fourth-order valence-electron chi connectivity index (χ4n) is 0.279. The average molecular weight is 198 g/mol. The molecule has 0 atom stereocenters. The Morgan fingerprint density at radius 3 is 3.75 bits per heavy atom. The molecule has 8 heavy (non-hydrogen) atoms. The van der Waals surface area contributed by atoms with Crippen molar-refractivity contribution >= 4 is 27.3 Å². The monoisotopic (exact) mass is 197 g/mol. The molecule has 1 rings (SSSR count). The molecule has 1 heterocycles. The van der Waals surface area contributed by atoms with E-state index in [-0.39, 0.29) is 15.0 Å². The Hall–Kier alpha value is 0.110. The molecule has 0 aliphatic rings. The number of rotatable bonds is 1. The highest BCUT2D eigenvalue weighted by atomic mass is 79.9. The van der Waals surface area contributed by atoms with Gasteiger partial charge >= 0.3 is 0 Å². The van der Waals surface area contributed by atoms with Crippen molar-refractivity contribution in [1.29, 1.82) is 0 Å². The summed E-state index contributed by atoms with van der Waals surface area (Å²) in [6.07, 6.45) is -2.50. The Morgan fingerprint density at radius 2 is 3.25 bits per heavy atom. The number of aryl methyl sites for hydroxylation is 1. The summed E-state index contributed by atoms with van der Waals surface area (Å²) >= 11 is 3.66. The van der Waals surface area contributed by atoms with Gasteiger partial charge in [0.05, 0.1) is 6.38 Å². The van der Waals surface area contributed by atoms with Gasteiger partial charge in [0.1, 0.15) is 4.60 Å². The summed E-state index contributed by atoms with van der Waals surface area (Å²) in [6, 6.07) is 0. The van der Waals surface area contributed by atoms with Gasteiger partial charge < -0.3 is 0 Å². The molecule has 0 amide bonds. The minimum atomic E-state index is -2.77. The van der Waals surface area contributed by atoms with Gasteiger partial charge in [0.25, 0.3) is 0 Å². The summed E-state index contributed by atoms with van der Waals surface area (Å²) in [4.78, 5) is 3.66. The first-order valence-corrected chi connectivity index (χ1v) is 3.40. The maximum Gasteiger partial charge on any atom is 0.117 e. The number of hydrogen-bond donors (Lipinski definition) is 0. The summed E-state index contributed by atoms with van der Waals surface area (Å²) < 4.78 is 43.2. The molecule has 44 valence electrons. The van der Waals surface area contributed by atoms with Crippen LogP contribution in [0, 0.1) is 0 Å². The van der Waals surface area contributed by atoms with Crippen molar-refractivity contribution in [3.63, 3.8) is 0 Å². The fourth-order valence-corrected chi connectivity index (χ4v) is 1.23. The SMILES string of the molecule is [2H]c1sc(C([2H])([2H])C([2H])([2H])[2H])nc1Br. The molecular formula is C5H6BrNS. The van der Waals surface area contributed by atoms with E-state index in [0.29, 0.717) is 0 Å². The average Bonchev–Trinajstić information content (AvgIpc) is 2.30. The normalized spacial score (nSPS) is 24.1. The number of halogens is 1. The van der Waals surface area contributed by atoms with Crippen molar-refractivity contribution in [3.8, 4) is 0 Å². The third-order valence-corrected chi connectivity index (χ3v) is 1.86. The Bertz CT molecular complexity index is 325. The van der Waals surface area contributed by atoms with Crippen LogP contribution in [-0.2, 0) is 6.37 Å². The van der Waals surface area contributed by atoms with Gasteiger partial charge in [0.15, 0.2) is 0 Å². The molecule has 0 aromatic carbocycles. The van der Waals surface area contributed by atoms with E-state index in [1.54, 1.807) is 0 Å². The second-order valence-electron chi connectivity index (χ2n) is 1.04. The number of nitrogens with zero attached hydrogens (tertiary/aromatic N) is 1. The van der Waals surface area contributed by atoms with Crippen molar-refractivity contribution in [2.45, 2.75) is 13.2 Å². The van der Waals surface area contributed by atoms with Crippen LogP contribution < -0.4 is 0 Å². The second-order valence-corrected chi connectivity index (χ2v) is 2.58. The molecule has 0 aliphatic heterocycles. The zero-order valence-electron chi connectivity index (χ0n) is 9.73. The highest BCUT2D eigenvalue weighted by Gasteiger charge is 1.92. The number of hydrogen-bond acceptors (Lipinski definition) is 2. The molecule has 1 aromatic rings. The molecular weight excluding hydrogens is 186 g/mol. The Morgan fingerprint density at radius 1 is 2.38 bits per heavy atom. The molecule has 0 saturated carbocycles. The van der Waals surface area contributed by atoms with Crippen LogP contribution in [0.5, 0.6) is 0 Å². The summed E-state index contributed by atoms with van der Waals surface area (Å²) in [5, 5.41) is -0.178. The van der Waals surface area contributed by atoms with Crippen LogP contribution in [0.4, 0.5) is 0 Å². The highest BCUT2D eigenvalue weighted by Crippen LogP contribution is 2.14. The predicted molar refractivity (Wildman–Crippen MR) is 39.2 cm³/mol. The summed E-state index contributed by atoms with van der Waals surface area (Å²) in [5.74, 6) is 0. The minimum absolute atomic E-state index is 0.0214. The van der Waals surface area contributed by atoms with E-state index in [0.717, 1.165) is 11.3 Å². The zero-order chi connectivity index (χ0) is 11.1. The smallest absolute Gasteiger partial charge is 0.117 e. The molecule has 0 saturated heterocycles. The zero-order valence-corrected chi connectivity index (χ0v) is 6.14. The van der Waals surface area contributed by atoms with Gasteiger partial charge in [-0.1, -0.05) is 6.85 Å². The highest BCUT2D eigenvalue weighted by molar-refractivity contribution is 9.10. The summed E-state index contributed by atoms with van der Waals surface area (Å²) in [7, 11) is 0. The fraction of sp³-hybridized carbons (Fsp3) is 0.400. The van der Waals surface area contributed by atoms with Gasteiger partial charge in [-0.15, -0.1) is 11.3 Å². The quantitative estimate of drug-likeness (QED) is 0.675. The lowest BCUT2D eigenvalue weighted by Crippen LogP contribution is -1.72. The van der Waals surface area contributed by atoms with Crippen LogP contribution in [-0.4, -0.2) is 4.98 Å². The largest absolute Gasteiger partial charge is 0.234 e. The van der Waals surface area contributed by atoms with Crippen LogP contribution in [0.15, 0.2) is 9.96 Å². The first-order valence-electron chi connectivity index (χ1n) is 4.79. The van der Waals surface area contributed by atoms with E-state index in [4.69, 9.17) is 8.22 Å². The van der Waals surface area contributed by atoms with E-state index in [1.807, 2.05) is 0 Å². The third-order valence-electron chi connectivity index (χ3n) is 0.539. The van der Waals surface area contributed by atoms with Gasteiger partial charge in [-0.25, -0.2) is 4.98 Å². The van der Waals surface area contributed by atoms with E-state index in [2.05, 4.69) is 20.9 Å². The summed E-state index contributed by atoms with van der Waals surface area (Å²) in [6.45, 7) is -2.77. The Balaban J connectivity index is 3.16. The number of aromatic nitrogens is 1. The van der Waals surface area contributed by atoms with Crippen LogP contribution in [0.1, 0.15) is 20.1 Å². The van der Waals surface area contributed by atoms with Crippen molar-refractivity contribution in [2.24, 2.45) is 0 Å². The Labute approximate surface area is 69.3 Å². The van der Waals surface area contributed by atoms with Crippen molar-refractivity contribution in [1.82, 2.24) is 4.98 Å². The van der Waals surface area contributed by atoms with Crippen molar-refractivity contribution in [2.75, 3.05) is 0 Å². The van der Waals surface area contributed by atoms with Crippen LogP contribution in [0.2, 0.25) is 0 Å². The topological polar surface area (TPSA) is 12.9 Å². The van der Waals surface area contributed by atoms with Gasteiger partial charge in [0, 0.05) is 12.2 Å². The lowest BCUT2D eigenvalue weighted by atomic mass is 10.5. The van der Waals surface area contributed by atoms with E-state index >= 15 is 0 Å². The van der Waals surface area contributed by atoms with E-state index in [9.17, 15) is 0 Å². The lowest BCUT2D eigenvalue weighted by molar-refractivity contribution is 1.08. The predicted octanol–water partition coefficient (Wildman–Crippen LogP) is 2.47. The molecule has 0 radical (unpaired) electrons. The van der Waals surface area contributed by atoms with Crippen LogP contribution in [0.25, 0.3) is 0 Å². The first kappa shape index (κ1) is 2.06. The van der Waals surface area contributed by atoms with Gasteiger partial charge in [-0.05, 0) is 22.3 Å².